The summed E-state index contributed by atoms with van der Waals surface area (Å²) in [5.74, 6) is 0. The Bertz CT molecular complexity index is 584. The van der Waals surface area contributed by atoms with Crippen molar-refractivity contribution in [3.8, 4) is 0 Å². The highest BCUT2D eigenvalue weighted by atomic mass is 32.2. The van der Waals surface area contributed by atoms with Gasteiger partial charge in [0.1, 0.15) is 0 Å². The summed E-state index contributed by atoms with van der Waals surface area (Å²) in [6, 6.07) is 4.57. The number of hydrogen-bond acceptors (Lipinski definition) is 7. The maximum absolute atomic E-state index is 11.7. The number of ether oxygens (including phenoxy) is 1. The molecule has 0 saturated carbocycles. The molecule has 104 valence electrons. The Morgan fingerprint density at radius 3 is 2.63 bits per heavy atom. The van der Waals surface area contributed by atoms with Gasteiger partial charge in [-0.05, 0) is 13.0 Å². The van der Waals surface area contributed by atoms with Crippen LogP contribution in [0.3, 0.4) is 0 Å². The summed E-state index contributed by atoms with van der Waals surface area (Å²) in [7, 11) is -4.50. The third-order valence-corrected chi connectivity index (χ3v) is 3.03. The second-order valence-electron chi connectivity index (χ2n) is 3.08. The van der Waals surface area contributed by atoms with Gasteiger partial charge in [0.15, 0.2) is 4.90 Å². The predicted octanol–water partition coefficient (Wildman–Crippen LogP) is 0.961. The van der Waals surface area contributed by atoms with Gasteiger partial charge in [-0.15, -0.1) is 4.28 Å². The van der Waals surface area contributed by atoms with Crippen LogP contribution in [-0.2, 0) is 19.1 Å². The van der Waals surface area contributed by atoms with E-state index < -0.39 is 31.7 Å². The predicted molar refractivity (Wildman–Crippen MR) is 61.5 cm³/mol. The van der Waals surface area contributed by atoms with E-state index in [0.717, 1.165) is 12.1 Å². The van der Waals surface area contributed by atoms with E-state index in [4.69, 9.17) is 0 Å². The van der Waals surface area contributed by atoms with Crippen LogP contribution >= 0.6 is 0 Å². The molecular weight excluding hydrogens is 280 g/mol. The smallest absolute Gasteiger partial charge is 0.432 e. The lowest BCUT2D eigenvalue weighted by atomic mass is 10.3. The molecule has 0 radical (unpaired) electrons. The van der Waals surface area contributed by atoms with E-state index in [0.29, 0.717) is 0 Å². The Morgan fingerprint density at radius 2 is 2.05 bits per heavy atom. The average molecular weight is 290 g/mol. The van der Waals surface area contributed by atoms with Crippen molar-refractivity contribution in [2.24, 2.45) is 0 Å². The molecule has 0 aromatic heterocycles. The summed E-state index contributed by atoms with van der Waals surface area (Å²) >= 11 is 0. The molecule has 0 aliphatic heterocycles. The maximum atomic E-state index is 11.7. The van der Waals surface area contributed by atoms with Crippen LogP contribution in [0.4, 0.5) is 10.5 Å². The zero-order chi connectivity index (χ0) is 14.5. The molecule has 0 spiro atoms. The fraction of sp³-hybridized carbons (Fsp3) is 0.222. The first-order chi connectivity index (χ1) is 8.88. The van der Waals surface area contributed by atoms with Crippen LogP contribution in [0.15, 0.2) is 29.2 Å². The maximum Gasteiger partial charge on any atom is 0.432 e. The Hall–Kier alpha value is -2.20. The molecule has 0 heterocycles. The molecule has 1 aromatic rings. The second kappa shape index (κ2) is 6.11. The molecular formula is C9H10N2O7S. The summed E-state index contributed by atoms with van der Waals surface area (Å²) in [4.78, 5) is 20.0. The van der Waals surface area contributed by atoms with Crippen LogP contribution < -0.4 is 5.48 Å². The van der Waals surface area contributed by atoms with Crippen molar-refractivity contribution >= 4 is 21.9 Å². The molecule has 0 aliphatic rings. The average Bonchev–Trinajstić information content (AvgIpc) is 2.37. The molecule has 0 atom stereocenters. The van der Waals surface area contributed by atoms with Crippen molar-refractivity contribution in [3.63, 3.8) is 0 Å². The van der Waals surface area contributed by atoms with E-state index >= 15 is 0 Å². The van der Waals surface area contributed by atoms with Crippen molar-refractivity contribution in [1.82, 2.24) is 5.48 Å². The van der Waals surface area contributed by atoms with Gasteiger partial charge < -0.3 is 4.74 Å². The van der Waals surface area contributed by atoms with Crippen molar-refractivity contribution in [3.05, 3.63) is 34.4 Å². The molecule has 9 nitrogen and oxygen atoms in total. The minimum absolute atomic E-state index is 0.0146. The largest absolute Gasteiger partial charge is 0.448 e. The Kier molecular flexibility index (Phi) is 4.78. The van der Waals surface area contributed by atoms with Crippen LogP contribution in [0.1, 0.15) is 6.92 Å². The van der Waals surface area contributed by atoms with Crippen molar-refractivity contribution < 1.29 is 27.2 Å². The van der Waals surface area contributed by atoms with Crippen LogP contribution in [0, 0.1) is 10.1 Å². The van der Waals surface area contributed by atoms with E-state index in [1.807, 2.05) is 0 Å². The molecule has 0 bridgehead atoms. The highest BCUT2D eigenvalue weighted by molar-refractivity contribution is 7.86. The van der Waals surface area contributed by atoms with Crippen LogP contribution in [0.25, 0.3) is 0 Å². The lowest BCUT2D eigenvalue weighted by Gasteiger charge is -2.06. The van der Waals surface area contributed by atoms with Gasteiger partial charge in [-0.1, -0.05) is 12.1 Å². The third-order valence-electron chi connectivity index (χ3n) is 1.84. The fourth-order valence-electron chi connectivity index (χ4n) is 1.11. The second-order valence-corrected chi connectivity index (χ2v) is 4.60. The first-order valence-electron chi connectivity index (χ1n) is 4.98. The third kappa shape index (κ3) is 3.89. The summed E-state index contributed by atoms with van der Waals surface area (Å²) in [5.41, 5.74) is 0.858. The first kappa shape index (κ1) is 14.9. The number of carbonyl (C=O) groups excluding carboxylic acids is 1. The van der Waals surface area contributed by atoms with Gasteiger partial charge in [0.05, 0.1) is 11.5 Å². The number of amides is 1. The van der Waals surface area contributed by atoms with Crippen molar-refractivity contribution in [2.45, 2.75) is 11.8 Å². The monoisotopic (exact) mass is 290 g/mol. The molecule has 10 heteroatoms. The van der Waals surface area contributed by atoms with Crippen molar-refractivity contribution in [2.75, 3.05) is 6.61 Å². The van der Waals surface area contributed by atoms with Gasteiger partial charge in [-0.25, -0.2) is 4.79 Å². The molecule has 1 amide bonds. The van der Waals surface area contributed by atoms with E-state index in [1.165, 1.54) is 24.5 Å². The minimum atomic E-state index is -4.50. The molecule has 0 saturated heterocycles. The quantitative estimate of drug-likeness (QED) is 0.632. The highest BCUT2D eigenvalue weighted by Gasteiger charge is 2.27. The number of nitrogens with zero attached hydrogens (tertiary/aromatic N) is 1. The Labute approximate surface area is 108 Å². The topological polar surface area (TPSA) is 125 Å². The molecule has 0 fully saturated rings. The number of nitro benzene ring substituents is 1. The number of carbonyl (C=O) groups is 1. The standard InChI is InChI=1S/C9H10N2O7S/c1-2-17-9(12)10-18-19(15,16)8-6-4-3-5-7(8)11(13)14/h3-6H,2H2,1H3,(H,10,12). The lowest BCUT2D eigenvalue weighted by Crippen LogP contribution is -2.28. The summed E-state index contributed by atoms with van der Waals surface area (Å²) in [5, 5.41) is 10.7. The van der Waals surface area contributed by atoms with E-state index in [2.05, 4.69) is 9.02 Å². The van der Waals surface area contributed by atoms with Gasteiger partial charge in [-0.2, -0.15) is 13.9 Å². The van der Waals surface area contributed by atoms with E-state index in [1.54, 1.807) is 0 Å². The first-order valence-corrected chi connectivity index (χ1v) is 6.39. The summed E-state index contributed by atoms with van der Waals surface area (Å²) in [6.07, 6.45) is -1.12. The number of nitro groups is 1. The number of nitrogens with one attached hydrogen (secondary N) is 1. The number of hydrogen-bond donors (Lipinski definition) is 1. The number of para-hydroxylation sites is 1. The van der Waals surface area contributed by atoms with Gasteiger partial charge in [0.2, 0.25) is 0 Å². The van der Waals surface area contributed by atoms with Gasteiger partial charge in [-0.3, -0.25) is 10.1 Å². The molecule has 1 rings (SSSR count). The zero-order valence-corrected chi connectivity index (χ0v) is 10.5. The van der Waals surface area contributed by atoms with Gasteiger partial charge >= 0.3 is 16.2 Å². The summed E-state index contributed by atoms with van der Waals surface area (Å²) < 4.78 is 31.9. The van der Waals surface area contributed by atoms with Gasteiger partial charge in [0.25, 0.3) is 5.69 Å². The summed E-state index contributed by atoms with van der Waals surface area (Å²) in [6.45, 7) is 1.52. The normalized spacial score (nSPS) is 10.8. The SMILES string of the molecule is CCOC(=O)NOS(=O)(=O)c1ccccc1[N+](=O)[O-]. The van der Waals surface area contributed by atoms with Gasteiger partial charge in [0, 0.05) is 6.07 Å². The molecule has 0 aliphatic carbocycles. The molecule has 1 aromatic carbocycles. The number of benzene rings is 1. The van der Waals surface area contributed by atoms with Crippen LogP contribution in [-0.4, -0.2) is 26.0 Å². The molecule has 1 N–H and O–H groups in total. The highest BCUT2D eigenvalue weighted by Crippen LogP contribution is 2.23. The Balaban J connectivity index is 2.95. The zero-order valence-electron chi connectivity index (χ0n) is 9.73. The van der Waals surface area contributed by atoms with Crippen LogP contribution in [0.5, 0.6) is 0 Å². The number of rotatable bonds is 5. The van der Waals surface area contributed by atoms with Crippen molar-refractivity contribution in [1.29, 1.82) is 0 Å². The minimum Gasteiger partial charge on any atom is -0.448 e. The lowest BCUT2D eigenvalue weighted by molar-refractivity contribution is -0.387. The molecule has 19 heavy (non-hydrogen) atoms. The van der Waals surface area contributed by atoms with E-state index in [-0.39, 0.29) is 6.61 Å². The molecule has 0 unspecified atom stereocenters. The fourth-order valence-corrected chi connectivity index (χ4v) is 2.03. The Morgan fingerprint density at radius 1 is 1.42 bits per heavy atom. The van der Waals surface area contributed by atoms with Crippen LogP contribution in [0.2, 0.25) is 0 Å². The number of hydroxylamine groups is 1. The van der Waals surface area contributed by atoms with E-state index in [9.17, 15) is 23.3 Å².